The molecule has 2 aromatic rings. The maximum Gasteiger partial charge on any atom is 0.225 e. The molecular weight excluding hydrogens is 319 g/mol. The highest BCUT2D eigenvalue weighted by molar-refractivity contribution is 5.84. The summed E-state index contributed by atoms with van der Waals surface area (Å²) in [7, 11) is 0. The Bertz CT molecular complexity index is 821. The van der Waals surface area contributed by atoms with Gasteiger partial charge < -0.3 is 10.6 Å². The van der Waals surface area contributed by atoms with Gasteiger partial charge in [0, 0.05) is 25.6 Å². The summed E-state index contributed by atoms with van der Waals surface area (Å²) >= 11 is 0. The largest absolute Gasteiger partial charge is 0.369 e. The summed E-state index contributed by atoms with van der Waals surface area (Å²) in [6.45, 7) is 2.31. The highest BCUT2D eigenvalue weighted by atomic mass is 19.1. The quantitative estimate of drug-likeness (QED) is 0.930. The monoisotopic (exact) mass is 340 g/mol. The maximum atomic E-state index is 14.2. The SMILES string of the molecule is CC(=O)N1CCC(Cc2ccccc2-c2ccccc2F)(C(N)=O)C1. The Labute approximate surface area is 146 Å². The minimum atomic E-state index is -0.812. The number of likely N-dealkylation sites (tertiary alicyclic amines) is 1. The van der Waals surface area contributed by atoms with Crippen LogP contribution in [-0.2, 0) is 16.0 Å². The highest BCUT2D eigenvalue weighted by Crippen LogP contribution is 2.37. The van der Waals surface area contributed by atoms with Gasteiger partial charge in [-0.25, -0.2) is 4.39 Å². The second kappa shape index (κ2) is 6.67. The van der Waals surface area contributed by atoms with E-state index in [2.05, 4.69) is 0 Å². The Morgan fingerprint density at radius 2 is 1.76 bits per heavy atom. The predicted octanol–water partition coefficient (Wildman–Crippen LogP) is 2.76. The summed E-state index contributed by atoms with van der Waals surface area (Å²) in [5.41, 5.74) is 7.01. The second-order valence-corrected chi connectivity index (χ2v) is 6.65. The Morgan fingerprint density at radius 1 is 1.12 bits per heavy atom. The van der Waals surface area contributed by atoms with Gasteiger partial charge in [-0.2, -0.15) is 0 Å². The number of carbonyl (C=O) groups is 2. The Kier molecular flexibility index (Phi) is 4.57. The zero-order valence-electron chi connectivity index (χ0n) is 14.2. The average molecular weight is 340 g/mol. The molecule has 130 valence electrons. The number of benzene rings is 2. The zero-order chi connectivity index (χ0) is 18.0. The molecule has 1 fully saturated rings. The number of carbonyl (C=O) groups excluding carboxylic acids is 2. The van der Waals surface area contributed by atoms with Crippen LogP contribution in [0.4, 0.5) is 4.39 Å². The van der Waals surface area contributed by atoms with Crippen LogP contribution in [-0.4, -0.2) is 29.8 Å². The molecular formula is C20H21FN2O2. The van der Waals surface area contributed by atoms with E-state index in [9.17, 15) is 14.0 Å². The molecule has 0 saturated carbocycles. The van der Waals surface area contributed by atoms with Gasteiger partial charge in [0.25, 0.3) is 0 Å². The van der Waals surface area contributed by atoms with Crippen molar-refractivity contribution >= 4 is 11.8 Å². The van der Waals surface area contributed by atoms with Crippen LogP contribution in [0.1, 0.15) is 18.9 Å². The first-order chi connectivity index (χ1) is 11.9. The van der Waals surface area contributed by atoms with Crippen molar-refractivity contribution in [3.63, 3.8) is 0 Å². The minimum absolute atomic E-state index is 0.0643. The van der Waals surface area contributed by atoms with E-state index in [0.717, 1.165) is 11.1 Å². The summed E-state index contributed by atoms with van der Waals surface area (Å²) in [5.74, 6) is -0.787. The third kappa shape index (κ3) is 3.27. The molecule has 2 N–H and O–H groups in total. The van der Waals surface area contributed by atoms with Crippen LogP contribution in [0.3, 0.4) is 0 Å². The molecule has 1 aliphatic rings. The van der Waals surface area contributed by atoms with Crippen LogP contribution in [0.2, 0.25) is 0 Å². The molecule has 1 saturated heterocycles. The molecule has 1 unspecified atom stereocenters. The van der Waals surface area contributed by atoms with Gasteiger partial charge in [-0.1, -0.05) is 42.5 Å². The number of nitrogens with zero attached hydrogens (tertiary/aromatic N) is 1. The van der Waals surface area contributed by atoms with Gasteiger partial charge in [0.05, 0.1) is 5.41 Å². The van der Waals surface area contributed by atoms with Gasteiger partial charge >= 0.3 is 0 Å². The van der Waals surface area contributed by atoms with Gasteiger partial charge in [0.15, 0.2) is 0 Å². The predicted molar refractivity (Wildman–Crippen MR) is 94.0 cm³/mol. The number of hydrogen-bond acceptors (Lipinski definition) is 2. The third-order valence-corrected chi connectivity index (χ3v) is 5.03. The molecule has 1 heterocycles. The van der Waals surface area contributed by atoms with Crippen molar-refractivity contribution in [1.29, 1.82) is 0 Å². The molecule has 2 amide bonds. The molecule has 5 heteroatoms. The van der Waals surface area contributed by atoms with Gasteiger partial charge in [0.2, 0.25) is 11.8 Å². The van der Waals surface area contributed by atoms with Crippen molar-refractivity contribution in [3.05, 3.63) is 59.9 Å². The molecule has 25 heavy (non-hydrogen) atoms. The van der Waals surface area contributed by atoms with Gasteiger partial charge in [-0.3, -0.25) is 9.59 Å². The lowest BCUT2D eigenvalue weighted by atomic mass is 9.78. The molecule has 0 aromatic heterocycles. The van der Waals surface area contributed by atoms with Gasteiger partial charge in [-0.05, 0) is 30.0 Å². The highest BCUT2D eigenvalue weighted by Gasteiger charge is 2.44. The molecule has 4 nitrogen and oxygen atoms in total. The standard InChI is InChI=1S/C20H21FN2O2/c1-14(24)23-11-10-20(13-23,19(22)25)12-15-6-2-3-7-16(15)17-8-4-5-9-18(17)21/h2-9H,10-13H2,1H3,(H2,22,25). The second-order valence-electron chi connectivity index (χ2n) is 6.65. The van der Waals surface area contributed by atoms with E-state index >= 15 is 0 Å². The van der Waals surface area contributed by atoms with Crippen molar-refractivity contribution in [3.8, 4) is 11.1 Å². The van der Waals surface area contributed by atoms with Crippen LogP contribution in [0.15, 0.2) is 48.5 Å². The van der Waals surface area contributed by atoms with Crippen LogP contribution in [0.25, 0.3) is 11.1 Å². The first kappa shape index (κ1) is 17.1. The molecule has 1 atom stereocenters. The summed E-state index contributed by atoms with van der Waals surface area (Å²) < 4.78 is 14.2. The third-order valence-electron chi connectivity index (χ3n) is 5.03. The molecule has 0 aliphatic carbocycles. The van der Waals surface area contributed by atoms with Crippen molar-refractivity contribution < 1.29 is 14.0 Å². The molecule has 0 bridgehead atoms. The van der Waals surface area contributed by atoms with E-state index in [1.807, 2.05) is 24.3 Å². The van der Waals surface area contributed by atoms with E-state index in [-0.39, 0.29) is 11.7 Å². The van der Waals surface area contributed by atoms with Crippen molar-refractivity contribution in [2.24, 2.45) is 11.1 Å². The molecule has 0 spiro atoms. The number of amides is 2. The Hall–Kier alpha value is -2.69. The van der Waals surface area contributed by atoms with Crippen LogP contribution in [0.5, 0.6) is 0 Å². The first-order valence-corrected chi connectivity index (χ1v) is 8.31. The first-order valence-electron chi connectivity index (χ1n) is 8.31. The Morgan fingerprint density at radius 3 is 2.36 bits per heavy atom. The molecule has 0 radical (unpaired) electrons. The number of rotatable bonds is 4. The van der Waals surface area contributed by atoms with E-state index < -0.39 is 11.3 Å². The summed E-state index contributed by atoms with van der Waals surface area (Å²) in [6.07, 6.45) is 0.907. The number of hydrogen-bond donors (Lipinski definition) is 1. The van der Waals surface area contributed by atoms with E-state index in [1.165, 1.54) is 13.0 Å². The normalized spacial score (nSPS) is 19.8. The summed E-state index contributed by atoms with van der Waals surface area (Å²) in [6, 6.07) is 14.0. The fourth-order valence-electron chi connectivity index (χ4n) is 3.56. The molecule has 1 aliphatic heterocycles. The molecule has 2 aromatic carbocycles. The number of primary amides is 1. The van der Waals surface area contributed by atoms with Crippen molar-refractivity contribution in [2.75, 3.05) is 13.1 Å². The fourth-order valence-corrected chi connectivity index (χ4v) is 3.56. The van der Waals surface area contributed by atoms with E-state index in [1.54, 1.807) is 23.1 Å². The lowest BCUT2D eigenvalue weighted by Crippen LogP contribution is -2.42. The van der Waals surface area contributed by atoms with Crippen molar-refractivity contribution in [1.82, 2.24) is 4.90 Å². The van der Waals surface area contributed by atoms with E-state index in [4.69, 9.17) is 5.73 Å². The maximum absolute atomic E-state index is 14.2. The number of halogens is 1. The lowest BCUT2D eigenvalue weighted by molar-refractivity contribution is -0.130. The smallest absolute Gasteiger partial charge is 0.225 e. The zero-order valence-corrected chi connectivity index (χ0v) is 14.2. The topological polar surface area (TPSA) is 63.4 Å². The van der Waals surface area contributed by atoms with Crippen LogP contribution in [0, 0.1) is 11.2 Å². The summed E-state index contributed by atoms with van der Waals surface area (Å²) in [5, 5.41) is 0. The van der Waals surface area contributed by atoms with E-state index in [0.29, 0.717) is 31.5 Å². The molecule has 3 rings (SSSR count). The van der Waals surface area contributed by atoms with Gasteiger partial charge in [0.1, 0.15) is 5.82 Å². The van der Waals surface area contributed by atoms with Crippen LogP contribution >= 0.6 is 0 Å². The lowest BCUT2D eigenvalue weighted by Gasteiger charge is -2.27. The number of nitrogens with two attached hydrogens (primary N) is 1. The van der Waals surface area contributed by atoms with Crippen molar-refractivity contribution in [2.45, 2.75) is 19.8 Å². The van der Waals surface area contributed by atoms with Crippen LogP contribution < -0.4 is 5.73 Å². The Balaban J connectivity index is 1.99. The van der Waals surface area contributed by atoms with Gasteiger partial charge in [-0.15, -0.1) is 0 Å². The fraction of sp³-hybridized carbons (Fsp3) is 0.300. The minimum Gasteiger partial charge on any atom is -0.369 e. The average Bonchev–Trinajstić information content (AvgIpc) is 3.02. The summed E-state index contributed by atoms with van der Waals surface area (Å²) in [4.78, 5) is 25.5.